The molecule has 330 valence electrons. The lowest BCUT2D eigenvalue weighted by Gasteiger charge is -2.38. The zero-order chi connectivity index (χ0) is 42.5. The van der Waals surface area contributed by atoms with Gasteiger partial charge in [0, 0.05) is 5.56 Å². The van der Waals surface area contributed by atoms with E-state index in [-0.39, 0.29) is 17.0 Å². The Balaban J connectivity index is 1.26. The van der Waals surface area contributed by atoms with Crippen molar-refractivity contribution in [3.05, 3.63) is 40.5 Å². The molecule has 0 amide bonds. The third-order valence-electron chi connectivity index (χ3n) is 14.1. The van der Waals surface area contributed by atoms with Gasteiger partial charge in [-0.3, -0.25) is 0 Å². The van der Waals surface area contributed by atoms with Crippen molar-refractivity contribution in [2.75, 3.05) is 0 Å². The SMILES string of the molecule is Cc1cc(Oc2c(O)cc(C)c3c2CCC(C)(CCCC(C)CCCC(C)CCCC(C)C)O3)cc2c1OC(C)(CCCC(C)CCCC(C)CCCC(C)C)CC2. The third-order valence-corrected chi connectivity index (χ3v) is 14.1. The molecular formula is C54H90O4. The van der Waals surface area contributed by atoms with Crippen molar-refractivity contribution in [2.45, 2.75) is 236 Å². The first-order valence-corrected chi connectivity index (χ1v) is 24.5. The highest BCUT2D eigenvalue weighted by Crippen LogP contribution is 2.49. The summed E-state index contributed by atoms with van der Waals surface area (Å²) >= 11 is 0. The Morgan fingerprint density at radius 1 is 0.552 bits per heavy atom. The molecule has 2 aliphatic heterocycles. The third kappa shape index (κ3) is 15.6. The molecule has 0 saturated carbocycles. The van der Waals surface area contributed by atoms with E-state index >= 15 is 0 Å². The van der Waals surface area contributed by atoms with Gasteiger partial charge in [-0.25, -0.2) is 0 Å². The summed E-state index contributed by atoms with van der Waals surface area (Å²) in [5.41, 5.74) is 3.95. The standard InChI is InChI=1S/C54H90O4/c1-38(2)19-13-21-40(5)23-15-25-42(7)27-17-31-53(11)33-29-46-37-47(35-44(9)50(46)57-53)56-52-48-30-34-54(12,58-51(48)45(10)36-49(52)55)32-18-28-43(8)26-16-24-41(6)22-14-20-39(3)4/h35-43,55H,13-34H2,1-12H3. The van der Waals surface area contributed by atoms with E-state index in [1.807, 2.05) is 6.07 Å². The average Bonchev–Trinajstić information content (AvgIpc) is 3.13. The van der Waals surface area contributed by atoms with Crippen molar-refractivity contribution in [3.63, 3.8) is 0 Å². The molecule has 4 rings (SSSR count). The van der Waals surface area contributed by atoms with Crippen molar-refractivity contribution < 1.29 is 19.3 Å². The second-order valence-electron chi connectivity index (χ2n) is 21.5. The summed E-state index contributed by atoms with van der Waals surface area (Å²) in [6.45, 7) is 27.9. The van der Waals surface area contributed by atoms with Gasteiger partial charge in [0.1, 0.15) is 28.5 Å². The van der Waals surface area contributed by atoms with Crippen molar-refractivity contribution in [3.8, 4) is 28.7 Å². The molecule has 6 unspecified atom stereocenters. The van der Waals surface area contributed by atoms with Crippen LogP contribution in [-0.2, 0) is 12.8 Å². The van der Waals surface area contributed by atoms with Crippen LogP contribution >= 0.6 is 0 Å². The minimum atomic E-state index is -0.202. The van der Waals surface area contributed by atoms with Gasteiger partial charge in [0.05, 0.1) is 0 Å². The molecule has 0 spiro atoms. The largest absolute Gasteiger partial charge is 0.504 e. The highest BCUT2D eigenvalue weighted by atomic mass is 16.5. The predicted octanol–water partition coefficient (Wildman–Crippen LogP) is 16.8. The normalized spacial score (nSPS) is 21.2. The summed E-state index contributed by atoms with van der Waals surface area (Å²) in [6, 6.07) is 6.05. The fraction of sp³-hybridized carbons (Fsp3) is 0.778. The summed E-state index contributed by atoms with van der Waals surface area (Å²) in [5, 5.41) is 11.2. The van der Waals surface area contributed by atoms with Gasteiger partial charge >= 0.3 is 0 Å². The summed E-state index contributed by atoms with van der Waals surface area (Å²) in [4.78, 5) is 0. The first-order chi connectivity index (χ1) is 27.5. The summed E-state index contributed by atoms with van der Waals surface area (Å²) in [7, 11) is 0. The summed E-state index contributed by atoms with van der Waals surface area (Å²) in [6.07, 6.45) is 27.3. The van der Waals surface area contributed by atoms with Crippen molar-refractivity contribution in [1.82, 2.24) is 0 Å². The van der Waals surface area contributed by atoms with E-state index in [9.17, 15) is 5.11 Å². The Hall–Kier alpha value is -2.36. The molecule has 0 bridgehead atoms. The molecule has 0 saturated heterocycles. The Bertz CT molecular complexity index is 1530. The van der Waals surface area contributed by atoms with Gasteiger partial charge in [-0.2, -0.15) is 0 Å². The number of benzene rings is 2. The van der Waals surface area contributed by atoms with Gasteiger partial charge in [0.15, 0.2) is 11.5 Å². The average molecular weight is 803 g/mol. The number of hydrogen-bond acceptors (Lipinski definition) is 4. The van der Waals surface area contributed by atoms with Crippen LogP contribution in [0, 0.1) is 49.4 Å². The lowest BCUT2D eigenvalue weighted by molar-refractivity contribution is 0.0503. The second kappa shape index (κ2) is 23.0. The number of aromatic hydroxyl groups is 1. The zero-order valence-electron chi connectivity index (χ0n) is 39.9. The molecule has 2 aromatic rings. The monoisotopic (exact) mass is 803 g/mol. The number of aryl methyl sites for hydroxylation is 3. The van der Waals surface area contributed by atoms with Gasteiger partial charge < -0.3 is 19.3 Å². The fourth-order valence-electron chi connectivity index (χ4n) is 9.97. The zero-order valence-corrected chi connectivity index (χ0v) is 39.9. The molecule has 0 fully saturated rings. The number of rotatable bonds is 26. The summed E-state index contributed by atoms with van der Waals surface area (Å²) < 4.78 is 20.3. The van der Waals surface area contributed by atoms with E-state index in [2.05, 4.69) is 95.2 Å². The van der Waals surface area contributed by atoms with Crippen molar-refractivity contribution in [1.29, 1.82) is 0 Å². The van der Waals surface area contributed by atoms with Crippen LogP contribution in [0.5, 0.6) is 28.7 Å². The maximum Gasteiger partial charge on any atom is 0.175 e. The molecule has 0 aliphatic carbocycles. The molecule has 1 N–H and O–H groups in total. The van der Waals surface area contributed by atoms with Gasteiger partial charge in [-0.1, -0.05) is 145 Å². The Morgan fingerprint density at radius 3 is 1.45 bits per heavy atom. The first kappa shape index (κ1) is 48.3. The van der Waals surface area contributed by atoms with Crippen LogP contribution in [0.2, 0.25) is 0 Å². The molecule has 0 aromatic heterocycles. The first-order valence-electron chi connectivity index (χ1n) is 24.5. The minimum absolute atomic E-state index is 0.132. The lowest BCUT2D eigenvalue weighted by Crippen LogP contribution is -2.37. The summed E-state index contributed by atoms with van der Waals surface area (Å²) in [5.74, 6) is 8.33. The number of ether oxygens (including phenoxy) is 3. The van der Waals surface area contributed by atoms with Crippen LogP contribution in [0.15, 0.2) is 18.2 Å². The van der Waals surface area contributed by atoms with Crippen LogP contribution in [0.3, 0.4) is 0 Å². The lowest BCUT2D eigenvalue weighted by atomic mass is 9.85. The molecule has 2 heterocycles. The maximum atomic E-state index is 11.2. The van der Waals surface area contributed by atoms with E-state index in [4.69, 9.17) is 14.2 Å². The molecule has 4 nitrogen and oxygen atoms in total. The fourth-order valence-corrected chi connectivity index (χ4v) is 9.97. The molecule has 58 heavy (non-hydrogen) atoms. The molecule has 0 radical (unpaired) electrons. The van der Waals surface area contributed by atoms with Gasteiger partial charge in [-0.05, 0) is 149 Å². The van der Waals surface area contributed by atoms with Crippen LogP contribution < -0.4 is 14.2 Å². The maximum absolute atomic E-state index is 11.2. The molecular weight excluding hydrogens is 713 g/mol. The van der Waals surface area contributed by atoms with Gasteiger partial charge in [-0.15, -0.1) is 0 Å². The van der Waals surface area contributed by atoms with Crippen molar-refractivity contribution >= 4 is 0 Å². The van der Waals surface area contributed by atoms with Gasteiger partial charge in [0.2, 0.25) is 0 Å². The number of phenols is 1. The molecule has 2 aromatic carbocycles. The van der Waals surface area contributed by atoms with E-state index in [0.717, 1.165) is 108 Å². The van der Waals surface area contributed by atoms with E-state index < -0.39 is 0 Å². The second-order valence-corrected chi connectivity index (χ2v) is 21.5. The van der Waals surface area contributed by atoms with Gasteiger partial charge in [0.25, 0.3) is 0 Å². The van der Waals surface area contributed by atoms with Crippen LogP contribution in [0.1, 0.15) is 220 Å². The highest BCUT2D eigenvalue weighted by Gasteiger charge is 2.36. The smallest absolute Gasteiger partial charge is 0.175 e. The van der Waals surface area contributed by atoms with Crippen LogP contribution in [0.4, 0.5) is 0 Å². The van der Waals surface area contributed by atoms with E-state index in [1.165, 1.54) is 108 Å². The predicted molar refractivity (Wildman–Crippen MR) is 248 cm³/mol. The minimum Gasteiger partial charge on any atom is -0.504 e. The van der Waals surface area contributed by atoms with Crippen LogP contribution in [-0.4, -0.2) is 16.3 Å². The molecule has 2 aliphatic rings. The quantitative estimate of drug-likeness (QED) is 0.103. The number of fused-ring (bicyclic) bond motifs is 2. The molecule has 6 atom stereocenters. The Kier molecular flexibility index (Phi) is 19.2. The number of phenolic OH excluding ortho intramolecular Hbond substituents is 1. The Morgan fingerprint density at radius 2 is 0.966 bits per heavy atom. The highest BCUT2D eigenvalue weighted by molar-refractivity contribution is 5.60. The molecule has 4 heteroatoms. The van der Waals surface area contributed by atoms with E-state index in [1.54, 1.807) is 0 Å². The van der Waals surface area contributed by atoms with E-state index in [0.29, 0.717) is 5.75 Å². The Labute approximate surface area is 358 Å². The van der Waals surface area contributed by atoms with Crippen molar-refractivity contribution in [2.24, 2.45) is 35.5 Å². The topological polar surface area (TPSA) is 47.9 Å². The van der Waals surface area contributed by atoms with Crippen LogP contribution in [0.25, 0.3) is 0 Å². The number of hydrogen-bond donors (Lipinski definition) is 1.